The molecule has 1 aromatic carbocycles. The van der Waals surface area contributed by atoms with Crippen LogP contribution in [0.3, 0.4) is 0 Å². The monoisotopic (exact) mass is 553 g/mol. The molecule has 4 rings (SSSR count). The molecular formula is C21H23ClF3N3O5S2. The predicted molar refractivity (Wildman–Crippen MR) is 125 cm³/mol. The highest BCUT2D eigenvalue weighted by Crippen LogP contribution is 2.39. The Balaban J connectivity index is 1.57. The number of thiophene rings is 1. The molecule has 0 spiro atoms. The van der Waals surface area contributed by atoms with E-state index in [4.69, 9.17) is 21.1 Å². The van der Waals surface area contributed by atoms with Gasteiger partial charge in [0.25, 0.3) is 15.9 Å². The van der Waals surface area contributed by atoms with Gasteiger partial charge in [0.2, 0.25) is 0 Å². The summed E-state index contributed by atoms with van der Waals surface area (Å²) in [6.45, 7) is 2.60. The number of benzene rings is 1. The molecule has 14 heteroatoms. The molecule has 2 saturated heterocycles. The molecule has 8 nitrogen and oxygen atoms in total. The van der Waals surface area contributed by atoms with Gasteiger partial charge in [0.1, 0.15) is 20.4 Å². The van der Waals surface area contributed by atoms with Gasteiger partial charge in [0, 0.05) is 32.2 Å². The zero-order chi connectivity index (χ0) is 25.4. The SMILES string of the molecule is CN1CC[C@@H](Oc2cc(NS(=O)(=O)c3cc(C(=O)N4CCOCC4)c(Cl)s3)ccc2C(F)(F)F)C1. The fourth-order valence-corrected chi connectivity index (χ4v) is 6.61. The van der Waals surface area contributed by atoms with Gasteiger partial charge in [0.15, 0.2) is 0 Å². The van der Waals surface area contributed by atoms with E-state index in [0.29, 0.717) is 57.2 Å². The first-order valence-corrected chi connectivity index (χ1v) is 13.4. The minimum atomic E-state index is -4.67. The number of nitrogens with zero attached hydrogens (tertiary/aromatic N) is 2. The van der Waals surface area contributed by atoms with Gasteiger partial charge < -0.3 is 19.3 Å². The Hall–Kier alpha value is -2.06. The molecule has 1 aromatic heterocycles. The third-order valence-electron chi connectivity index (χ3n) is 5.64. The number of morpholine rings is 1. The molecule has 35 heavy (non-hydrogen) atoms. The van der Waals surface area contributed by atoms with E-state index in [2.05, 4.69) is 4.72 Å². The molecule has 1 N–H and O–H groups in total. The zero-order valence-electron chi connectivity index (χ0n) is 18.6. The average Bonchev–Trinajstić information content (AvgIpc) is 3.38. The van der Waals surface area contributed by atoms with Gasteiger partial charge in [0.05, 0.1) is 30.0 Å². The summed E-state index contributed by atoms with van der Waals surface area (Å²) in [5, 5.41) is 0. The number of amides is 1. The maximum absolute atomic E-state index is 13.5. The molecule has 0 radical (unpaired) electrons. The Morgan fingerprint density at radius 2 is 1.94 bits per heavy atom. The molecule has 2 aliphatic rings. The lowest BCUT2D eigenvalue weighted by Gasteiger charge is -2.26. The second kappa shape index (κ2) is 10.1. The van der Waals surface area contributed by atoms with Gasteiger partial charge in [-0.2, -0.15) is 13.2 Å². The molecule has 2 aromatic rings. The number of hydrogen-bond donors (Lipinski definition) is 1. The number of halogens is 4. The minimum absolute atomic E-state index is 0.00339. The minimum Gasteiger partial charge on any atom is -0.488 e. The zero-order valence-corrected chi connectivity index (χ0v) is 21.0. The number of ether oxygens (including phenoxy) is 2. The summed E-state index contributed by atoms with van der Waals surface area (Å²) < 4.78 is 79.4. The summed E-state index contributed by atoms with van der Waals surface area (Å²) in [5.41, 5.74) is -1.06. The average molecular weight is 554 g/mol. The van der Waals surface area contributed by atoms with Crippen LogP contribution in [0.5, 0.6) is 5.75 Å². The fourth-order valence-electron chi connectivity index (χ4n) is 3.86. The van der Waals surface area contributed by atoms with E-state index >= 15 is 0 Å². The van der Waals surface area contributed by atoms with Crippen LogP contribution in [0.15, 0.2) is 28.5 Å². The number of anilines is 1. The van der Waals surface area contributed by atoms with Gasteiger partial charge in [-0.3, -0.25) is 9.52 Å². The van der Waals surface area contributed by atoms with E-state index in [1.54, 1.807) is 0 Å². The Morgan fingerprint density at radius 1 is 1.23 bits per heavy atom. The van der Waals surface area contributed by atoms with Gasteiger partial charge in [-0.05, 0) is 31.7 Å². The number of likely N-dealkylation sites (tertiary alicyclic amines) is 1. The molecule has 3 heterocycles. The van der Waals surface area contributed by atoms with Crippen molar-refractivity contribution < 1.29 is 35.9 Å². The largest absolute Gasteiger partial charge is 0.488 e. The van der Waals surface area contributed by atoms with Crippen LogP contribution in [0.2, 0.25) is 4.34 Å². The molecule has 0 bridgehead atoms. The highest BCUT2D eigenvalue weighted by molar-refractivity contribution is 7.94. The van der Waals surface area contributed by atoms with Crippen LogP contribution in [0.1, 0.15) is 22.3 Å². The molecular weight excluding hydrogens is 531 g/mol. The molecule has 2 fully saturated rings. The number of carbonyl (C=O) groups excluding carboxylic acids is 1. The molecule has 192 valence electrons. The van der Waals surface area contributed by atoms with Crippen molar-refractivity contribution in [2.45, 2.75) is 22.9 Å². The van der Waals surface area contributed by atoms with Crippen molar-refractivity contribution in [2.24, 2.45) is 0 Å². The molecule has 2 aliphatic heterocycles. The lowest BCUT2D eigenvalue weighted by Crippen LogP contribution is -2.40. The maximum Gasteiger partial charge on any atom is 0.419 e. The van der Waals surface area contributed by atoms with Crippen molar-refractivity contribution in [1.82, 2.24) is 9.80 Å². The van der Waals surface area contributed by atoms with Crippen molar-refractivity contribution in [3.8, 4) is 5.75 Å². The third-order valence-corrected chi connectivity index (χ3v) is 8.85. The maximum atomic E-state index is 13.5. The number of likely N-dealkylation sites (N-methyl/N-ethyl adjacent to an activating group) is 1. The summed E-state index contributed by atoms with van der Waals surface area (Å²) in [6.07, 6.45) is -4.57. The number of alkyl halides is 3. The first-order chi connectivity index (χ1) is 16.4. The van der Waals surface area contributed by atoms with Gasteiger partial charge in [-0.25, -0.2) is 8.42 Å². The number of rotatable bonds is 6. The lowest BCUT2D eigenvalue weighted by molar-refractivity contribution is -0.139. The first kappa shape index (κ1) is 26.0. The van der Waals surface area contributed by atoms with Crippen molar-refractivity contribution >= 4 is 44.6 Å². The molecule has 1 amide bonds. The van der Waals surface area contributed by atoms with E-state index in [1.807, 2.05) is 11.9 Å². The molecule has 0 aliphatic carbocycles. The predicted octanol–water partition coefficient (Wildman–Crippen LogP) is 3.78. The lowest BCUT2D eigenvalue weighted by atomic mass is 10.1. The van der Waals surface area contributed by atoms with Crippen LogP contribution >= 0.6 is 22.9 Å². The summed E-state index contributed by atoms with van der Waals surface area (Å²) in [4.78, 5) is 16.2. The van der Waals surface area contributed by atoms with Crippen molar-refractivity contribution in [3.05, 3.63) is 39.7 Å². The van der Waals surface area contributed by atoms with Crippen LogP contribution in [0, 0.1) is 0 Å². The van der Waals surface area contributed by atoms with Crippen LogP contribution in [-0.4, -0.2) is 76.7 Å². The Bertz CT molecular complexity index is 1200. The molecule has 0 saturated carbocycles. The van der Waals surface area contributed by atoms with Crippen LogP contribution in [-0.2, 0) is 20.9 Å². The van der Waals surface area contributed by atoms with E-state index in [1.165, 1.54) is 11.0 Å². The van der Waals surface area contributed by atoms with E-state index in [0.717, 1.165) is 18.2 Å². The molecule has 0 unspecified atom stereocenters. The highest BCUT2D eigenvalue weighted by atomic mass is 35.5. The van der Waals surface area contributed by atoms with Gasteiger partial charge in [-0.1, -0.05) is 11.6 Å². The second-order valence-electron chi connectivity index (χ2n) is 8.26. The van der Waals surface area contributed by atoms with Gasteiger partial charge in [-0.15, -0.1) is 11.3 Å². The fraction of sp³-hybridized carbons (Fsp3) is 0.476. The Kier molecular flexibility index (Phi) is 7.53. The van der Waals surface area contributed by atoms with E-state index < -0.39 is 39.5 Å². The second-order valence-corrected chi connectivity index (χ2v) is 11.8. The Morgan fingerprint density at radius 3 is 2.57 bits per heavy atom. The van der Waals surface area contributed by atoms with E-state index in [-0.39, 0.29) is 19.8 Å². The normalized spacial score (nSPS) is 19.7. The van der Waals surface area contributed by atoms with Crippen molar-refractivity contribution in [1.29, 1.82) is 0 Å². The van der Waals surface area contributed by atoms with Crippen molar-refractivity contribution in [3.63, 3.8) is 0 Å². The smallest absolute Gasteiger partial charge is 0.419 e. The van der Waals surface area contributed by atoms with Crippen molar-refractivity contribution in [2.75, 3.05) is 51.2 Å². The summed E-state index contributed by atoms with van der Waals surface area (Å²) in [6, 6.07) is 3.99. The molecule has 1 atom stereocenters. The van der Waals surface area contributed by atoms with Crippen LogP contribution in [0.25, 0.3) is 0 Å². The highest BCUT2D eigenvalue weighted by Gasteiger charge is 2.36. The van der Waals surface area contributed by atoms with E-state index in [9.17, 15) is 26.4 Å². The van der Waals surface area contributed by atoms with Gasteiger partial charge >= 0.3 is 6.18 Å². The summed E-state index contributed by atoms with van der Waals surface area (Å²) in [5.74, 6) is -0.867. The summed E-state index contributed by atoms with van der Waals surface area (Å²) in [7, 11) is -2.40. The number of nitrogens with one attached hydrogen (secondary N) is 1. The summed E-state index contributed by atoms with van der Waals surface area (Å²) >= 11 is 6.86. The van der Waals surface area contributed by atoms with Crippen LogP contribution in [0.4, 0.5) is 18.9 Å². The number of hydrogen-bond acceptors (Lipinski definition) is 7. The Labute approximate surface area is 209 Å². The third kappa shape index (κ3) is 6.02. The quantitative estimate of drug-likeness (QED) is 0.586. The topological polar surface area (TPSA) is 88.2 Å². The first-order valence-electron chi connectivity index (χ1n) is 10.7. The number of carbonyl (C=O) groups is 1. The van der Waals surface area contributed by atoms with Crippen LogP contribution < -0.4 is 9.46 Å². The number of sulfonamides is 1. The standard InChI is InChI=1S/C21H23ClF3N3O5S2/c1-27-5-4-14(12-27)33-17-10-13(2-3-16(17)21(23,24)25)26-35(30,31)18-11-15(19(22)34-18)20(29)28-6-8-32-9-7-28/h2-3,10-11,14,26H,4-9,12H2,1H3/t14-/m1/s1.